The molecule has 4 aliphatic carbocycles. The molecule has 7 aliphatic rings. The van der Waals surface area contributed by atoms with E-state index in [1.807, 2.05) is 60.7 Å². The molecule has 34 nitrogen and oxygen atoms in total. The smallest absolute Gasteiger partial charge is 0.410 e. The quantitative estimate of drug-likeness (QED) is 0.0264. The monoisotopic (exact) mass is 1660 g/mol. The van der Waals surface area contributed by atoms with Crippen molar-refractivity contribution in [3.8, 4) is 0 Å². The zero-order valence-corrected chi connectivity index (χ0v) is 68.7. The fourth-order valence-electron chi connectivity index (χ4n) is 15.7. The Morgan fingerprint density at radius 1 is 0.402 bits per heavy atom. The molecule has 3 fully saturated rings. The van der Waals surface area contributed by atoms with Crippen molar-refractivity contribution < 1.29 is 62.6 Å². The molecule has 0 bridgehead atoms. The van der Waals surface area contributed by atoms with Crippen LogP contribution in [0.5, 0.6) is 0 Å². The van der Waals surface area contributed by atoms with Crippen molar-refractivity contribution in [2.24, 2.45) is 0 Å². The Labute approximate surface area is 706 Å². The summed E-state index contributed by atoms with van der Waals surface area (Å²) in [4.78, 5) is 171. The van der Waals surface area contributed by atoms with Crippen LogP contribution in [-0.4, -0.2) is 196 Å². The van der Waals surface area contributed by atoms with Gasteiger partial charge in [-0.3, -0.25) is 53.4 Å². The molecule has 3 saturated heterocycles. The van der Waals surface area contributed by atoms with Gasteiger partial charge in [0.15, 0.2) is 46.0 Å². The molecular weight excluding hydrogens is 1560 g/mol. The first-order valence-corrected chi connectivity index (χ1v) is 41.7. The van der Waals surface area contributed by atoms with Crippen molar-refractivity contribution in [3.63, 3.8) is 0 Å². The predicted molar refractivity (Wildman–Crippen MR) is 452 cm³/mol. The minimum atomic E-state index is -0.958. The number of aromatic nitrogens is 8. The first-order valence-electron chi connectivity index (χ1n) is 41.7. The van der Waals surface area contributed by atoms with Gasteiger partial charge in [0.2, 0.25) is 23.6 Å². The summed E-state index contributed by atoms with van der Waals surface area (Å²) in [5, 5.41) is 43.3. The molecule has 11 amide bonds. The van der Waals surface area contributed by atoms with E-state index >= 15 is 0 Å². The van der Waals surface area contributed by atoms with Crippen LogP contribution in [0.25, 0.3) is 0 Å². The highest BCUT2D eigenvalue weighted by molar-refractivity contribution is 6.05. The van der Waals surface area contributed by atoms with E-state index < -0.39 is 53.4 Å². The molecule has 0 radical (unpaired) electrons. The molecule has 0 saturated carbocycles. The van der Waals surface area contributed by atoms with Crippen LogP contribution in [0.2, 0.25) is 0 Å². The number of amides is 11. The standard InChI is InChI=1S/C25H31N5O4.C24H31N7O3.C20H23N5O2.C19H20N4O4/c1-25(2,3)34-24(33)30-13-7-6-10-19(30)22(31)29-21-20(26-11-12-27-21)23(32)28-18-14-16-8-4-5-9-17(16)15-18;32-22(19-8-5-11-25-19)28-9-3-4-10-29-24(34)31-21-20(26-12-13-27-21)23(33)30-18-14-16-6-1-2-7-17(16)15-18;26-19(16-7-3-4-8-21-16)25-18-17(22-9-10-23-18)20(27)24-15-11-13-5-1-2-6-14(13)12-15;24-15(6-3-7-16(25)26)23-18-17(20-8-9-21-18)19(27)22-14-10-12-4-1-2-5-13(12)11-14/h4-5,8-9,11-12,18-19H,6-7,10,13-15H2,1-3H3,(H,28,32)(H,27,29,31);1-2,6-7,12-13,18-19,25H,3-5,8-11,14-15H2,(H,28,32)(H,30,33)(H2,27,29,31,34);1-2,5-6,9-10,15-16,21H,3-4,7-8,11-12H2,(H,24,27)(H,23,25,26);1-2,4-5,8-9,14H,3,6-7,10-11H2,(H,22,27)(H,25,26)(H,21,23,24)/t;19-;;/m.0../s1. The summed E-state index contributed by atoms with van der Waals surface area (Å²) in [6, 6.07) is 31.0. The maximum absolute atomic E-state index is 13.2. The number of benzene rings is 4. The predicted octanol–water partition coefficient (Wildman–Crippen LogP) is 7.27. The lowest BCUT2D eigenvalue weighted by Gasteiger charge is -2.35. The summed E-state index contributed by atoms with van der Waals surface area (Å²) >= 11 is 0. The van der Waals surface area contributed by atoms with E-state index in [0.717, 1.165) is 116 Å². The van der Waals surface area contributed by atoms with Crippen LogP contribution in [0.15, 0.2) is 147 Å². The molecule has 0 spiro atoms. The molecule has 3 atom stereocenters. The Kier molecular flexibility index (Phi) is 31.2. The van der Waals surface area contributed by atoms with E-state index in [2.05, 4.69) is 140 Å². The number of carbonyl (C=O) groups is 11. The number of piperidine rings is 2. The van der Waals surface area contributed by atoms with Crippen LogP contribution >= 0.6 is 0 Å². The third-order valence-corrected chi connectivity index (χ3v) is 21.6. The minimum absolute atomic E-state index is 0.0153. The van der Waals surface area contributed by atoms with Crippen molar-refractivity contribution in [3.05, 3.63) is 214 Å². The fraction of sp³-hybridized carbons (Fsp3) is 0.420. The number of carboxylic acids is 1. The average Bonchev–Trinajstić information content (AvgIpc) is 1.82. The molecule has 4 aromatic carbocycles. The van der Waals surface area contributed by atoms with Crippen LogP contribution in [-0.2, 0) is 80.1 Å². The number of carboxylic acid groups (broad SMARTS) is 1. The van der Waals surface area contributed by atoms with Crippen molar-refractivity contribution in [2.75, 3.05) is 54.0 Å². The number of urea groups is 1. The number of likely N-dealkylation sites (tertiary alicyclic amines) is 1. The summed E-state index contributed by atoms with van der Waals surface area (Å²) in [5.74, 6) is -2.89. The van der Waals surface area contributed by atoms with Gasteiger partial charge in [-0.15, -0.1) is 0 Å². The molecular formula is C88H105N21O13. The third-order valence-electron chi connectivity index (χ3n) is 21.6. The molecule has 640 valence electrons. The number of anilines is 4. The first-order chi connectivity index (χ1) is 59.0. The van der Waals surface area contributed by atoms with Gasteiger partial charge in [-0.1, -0.05) is 103 Å². The van der Waals surface area contributed by atoms with Crippen molar-refractivity contribution in [2.45, 2.75) is 204 Å². The van der Waals surface area contributed by atoms with E-state index in [9.17, 15) is 52.7 Å². The second-order valence-corrected chi connectivity index (χ2v) is 31.9. The number of carbonyl (C=O) groups excluding carboxylic acids is 10. The lowest BCUT2D eigenvalue weighted by atomic mass is 10.0. The minimum Gasteiger partial charge on any atom is -0.481 e. The summed E-state index contributed by atoms with van der Waals surface area (Å²) in [6.07, 6.45) is 25.5. The van der Waals surface area contributed by atoms with Gasteiger partial charge in [0.05, 0.1) is 12.1 Å². The third kappa shape index (κ3) is 25.5. The maximum Gasteiger partial charge on any atom is 0.410 e. The summed E-state index contributed by atoms with van der Waals surface area (Å²) in [5.41, 5.74) is 9.53. The molecule has 34 heteroatoms. The van der Waals surface area contributed by atoms with E-state index in [0.29, 0.717) is 32.5 Å². The van der Waals surface area contributed by atoms with Crippen LogP contribution in [0, 0.1) is 0 Å². The van der Waals surface area contributed by atoms with Gasteiger partial charge in [-0.2, -0.15) is 0 Å². The topological polar surface area (TPSA) is 468 Å². The second kappa shape index (κ2) is 43.2. The molecule has 7 heterocycles. The number of hydrogen-bond donors (Lipinski definition) is 13. The van der Waals surface area contributed by atoms with Crippen molar-refractivity contribution >= 4 is 88.6 Å². The number of aliphatic carboxylic acids is 1. The molecule has 2 unspecified atom stereocenters. The molecule has 13 N–H and O–H groups in total. The van der Waals surface area contributed by atoms with Crippen molar-refractivity contribution in [1.29, 1.82) is 0 Å². The summed E-state index contributed by atoms with van der Waals surface area (Å²) < 4.78 is 5.49. The lowest BCUT2D eigenvalue weighted by molar-refractivity contribution is -0.137. The van der Waals surface area contributed by atoms with Gasteiger partial charge in [0, 0.05) is 106 Å². The summed E-state index contributed by atoms with van der Waals surface area (Å²) in [6.45, 7) is 8.52. The molecule has 3 aliphatic heterocycles. The highest BCUT2D eigenvalue weighted by Gasteiger charge is 2.37. The van der Waals surface area contributed by atoms with Gasteiger partial charge in [0.25, 0.3) is 23.6 Å². The van der Waals surface area contributed by atoms with E-state index in [4.69, 9.17) is 9.84 Å². The largest absolute Gasteiger partial charge is 0.481 e. The Bertz CT molecular complexity index is 4950. The Hall–Kier alpha value is -13.1. The zero-order chi connectivity index (χ0) is 85.9. The number of rotatable bonds is 24. The van der Waals surface area contributed by atoms with Gasteiger partial charge < -0.3 is 68.3 Å². The van der Waals surface area contributed by atoms with Gasteiger partial charge in [-0.05, 0) is 194 Å². The molecule has 4 aromatic heterocycles. The Balaban J connectivity index is 0.000000150. The van der Waals surface area contributed by atoms with Crippen LogP contribution in [0.1, 0.15) is 191 Å². The molecule has 122 heavy (non-hydrogen) atoms. The molecule has 15 rings (SSSR count). The Morgan fingerprint density at radius 2 is 0.754 bits per heavy atom. The SMILES string of the molecule is CC(C)(C)OC(=O)N1CCCCC1C(=O)Nc1nccnc1C(=O)NC1Cc2ccccc2C1.O=C(NC1Cc2ccccc2C1)c1nccnc1NC(=O)C1CCCCN1.O=C(NCCCCNC(=O)[C@@H]1CCCN1)Nc1nccnc1C(=O)NC1Cc2ccccc2C1.O=C(O)CCCC(=O)Nc1nccnc1C(=O)NC1Cc2ccccc2C1. The zero-order valence-electron chi connectivity index (χ0n) is 68.7. The normalized spacial score (nSPS) is 17.0. The van der Waals surface area contributed by atoms with E-state index in [1.165, 1.54) is 99.0 Å². The summed E-state index contributed by atoms with van der Waals surface area (Å²) in [7, 11) is 0. The van der Waals surface area contributed by atoms with Crippen LogP contribution < -0.4 is 63.8 Å². The highest BCUT2D eigenvalue weighted by atomic mass is 16.6. The van der Waals surface area contributed by atoms with Crippen LogP contribution in [0.3, 0.4) is 0 Å². The number of nitrogens with one attached hydrogen (secondary N) is 12. The van der Waals surface area contributed by atoms with E-state index in [-0.39, 0.29) is 125 Å². The number of nitrogens with zero attached hydrogens (tertiary/aromatic N) is 9. The van der Waals surface area contributed by atoms with Gasteiger partial charge in [-0.25, -0.2) is 49.5 Å². The highest BCUT2D eigenvalue weighted by Crippen LogP contribution is 2.29. The average molecular weight is 1660 g/mol. The number of hydrogen-bond acceptors (Lipinski definition) is 22. The van der Waals surface area contributed by atoms with Crippen LogP contribution in [0.4, 0.5) is 32.9 Å². The first kappa shape index (κ1) is 88.2. The maximum atomic E-state index is 13.2. The number of fused-ring (bicyclic) bond motifs is 4. The second-order valence-electron chi connectivity index (χ2n) is 31.9. The van der Waals surface area contributed by atoms with Crippen molar-refractivity contribution in [1.82, 2.24) is 87.3 Å². The molecule has 8 aromatic rings. The number of ether oxygens (including phenoxy) is 1. The van der Waals surface area contributed by atoms with E-state index in [1.54, 1.807) is 20.8 Å². The number of unbranched alkanes of at least 4 members (excludes halogenated alkanes) is 1. The van der Waals surface area contributed by atoms with Gasteiger partial charge >= 0.3 is 18.1 Å². The van der Waals surface area contributed by atoms with Gasteiger partial charge in [0.1, 0.15) is 11.6 Å². The Morgan fingerprint density at radius 3 is 1.14 bits per heavy atom. The fourth-order valence-corrected chi connectivity index (χ4v) is 15.7. The lowest BCUT2D eigenvalue weighted by Crippen LogP contribution is -2.51.